The summed E-state index contributed by atoms with van der Waals surface area (Å²) in [5.41, 5.74) is 2.44. The molecule has 0 amide bonds. The van der Waals surface area contributed by atoms with Gasteiger partial charge in [0.05, 0.1) is 14.2 Å². The predicted octanol–water partition coefficient (Wildman–Crippen LogP) is 4.06. The summed E-state index contributed by atoms with van der Waals surface area (Å²) < 4.78 is 10.4. The van der Waals surface area contributed by atoms with Crippen molar-refractivity contribution in [3.8, 4) is 11.5 Å². The number of ketones is 1. The standard InChI is InChI=1S/C18H20O3/c1-12(2)13-5-7-14(8-6-13)18(19)15-9-16(20-3)11-17(10-15)21-4/h5-12H,1-4H3. The first-order valence-electron chi connectivity index (χ1n) is 6.93. The Morgan fingerprint density at radius 3 is 1.81 bits per heavy atom. The molecule has 0 aliphatic heterocycles. The topological polar surface area (TPSA) is 35.5 Å². The first-order valence-corrected chi connectivity index (χ1v) is 6.93. The van der Waals surface area contributed by atoms with Crippen molar-refractivity contribution in [2.24, 2.45) is 0 Å². The van der Waals surface area contributed by atoms with Crippen LogP contribution in [0.1, 0.15) is 41.3 Å². The molecule has 3 heteroatoms. The third-order valence-electron chi connectivity index (χ3n) is 3.45. The molecule has 0 aromatic heterocycles. The molecule has 0 heterocycles. The van der Waals surface area contributed by atoms with E-state index in [-0.39, 0.29) is 5.78 Å². The molecule has 3 nitrogen and oxygen atoms in total. The summed E-state index contributed by atoms with van der Waals surface area (Å²) in [6, 6.07) is 12.9. The van der Waals surface area contributed by atoms with Gasteiger partial charge in [0.1, 0.15) is 11.5 Å². The number of hydrogen-bond donors (Lipinski definition) is 0. The van der Waals surface area contributed by atoms with Crippen molar-refractivity contribution in [2.75, 3.05) is 14.2 Å². The Bertz CT molecular complexity index is 605. The Balaban J connectivity index is 2.34. The van der Waals surface area contributed by atoms with Gasteiger partial charge in [0.2, 0.25) is 0 Å². The summed E-state index contributed by atoms with van der Waals surface area (Å²) in [5, 5.41) is 0. The number of benzene rings is 2. The molecule has 0 spiro atoms. The van der Waals surface area contributed by atoms with E-state index < -0.39 is 0 Å². The van der Waals surface area contributed by atoms with Gasteiger partial charge in [-0.15, -0.1) is 0 Å². The van der Waals surface area contributed by atoms with Crippen molar-refractivity contribution in [1.82, 2.24) is 0 Å². The predicted molar refractivity (Wildman–Crippen MR) is 83.5 cm³/mol. The maximum Gasteiger partial charge on any atom is 0.193 e. The lowest BCUT2D eigenvalue weighted by Gasteiger charge is -2.09. The maximum atomic E-state index is 12.6. The number of carbonyl (C=O) groups is 1. The first-order chi connectivity index (χ1) is 10.0. The molecule has 0 saturated heterocycles. The van der Waals surface area contributed by atoms with Crippen LogP contribution in [0.3, 0.4) is 0 Å². The third-order valence-corrected chi connectivity index (χ3v) is 3.45. The lowest BCUT2D eigenvalue weighted by atomic mass is 9.98. The summed E-state index contributed by atoms with van der Waals surface area (Å²) in [7, 11) is 3.14. The zero-order valence-corrected chi connectivity index (χ0v) is 12.8. The summed E-state index contributed by atoms with van der Waals surface area (Å²) in [6.45, 7) is 4.26. The molecule has 2 aromatic carbocycles. The second-order valence-corrected chi connectivity index (χ2v) is 5.21. The van der Waals surface area contributed by atoms with Crippen LogP contribution in [0.15, 0.2) is 42.5 Å². The van der Waals surface area contributed by atoms with E-state index in [2.05, 4.69) is 13.8 Å². The molecule has 0 saturated carbocycles. The van der Waals surface area contributed by atoms with Crippen molar-refractivity contribution in [3.63, 3.8) is 0 Å². The largest absolute Gasteiger partial charge is 0.497 e. The Kier molecular flexibility index (Phi) is 4.63. The van der Waals surface area contributed by atoms with Crippen molar-refractivity contribution in [1.29, 1.82) is 0 Å². The molecule has 0 N–H and O–H groups in total. The molecule has 2 rings (SSSR count). The minimum atomic E-state index is -0.0393. The quantitative estimate of drug-likeness (QED) is 0.777. The lowest BCUT2D eigenvalue weighted by Crippen LogP contribution is -2.03. The maximum absolute atomic E-state index is 12.6. The van der Waals surface area contributed by atoms with E-state index in [0.717, 1.165) is 0 Å². The highest BCUT2D eigenvalue weighted by Gasteiger charge is 2.12. The zero-order chi connectivity index (χ0) is 15.4. The van der Waals surface area contributed by atoms with Crippen LogP contribution in [-0.4, -0.2) is 20.0 Å². The van der Waals surface area contributed by atoms with Gasteiger partial charge < -0.3 is 9.47 Å². The Labute approximate surface area is 125 Å². The summed E-state index contributed by atoms with van der Waals surface area (Å²) >= 11 is 0. The van der Waals surface area contributed by atoms with E-state index in [1.54, 1.807) is 32.4 Å². The molecular weight excluding hydrogens is 264 g/mol. The number of ether oxygens (including phenoxy) is 2. The molecule has 0 fully saturated rings. The van der Waals surface area contributed by atoms with Crippen LogP contribution in [0.4, 0.5) is 0 Å². The average molecular weight is 284 g/mol. The van der Waals surface area contributed by atoms with Crippen LogP contribution in [0.5, 0.6) is 11.5 Å². The van der Waals surface area contributed by atoms with Gasteiger partial charge in [-0.1, -0.05) is 38.1 Å². The minimum Gasteiger partial charge on any atom is -0.497 e. The summed E-state index contributed by atoms with van der Waals surface area (Å²) in [4.78, 5) is 12.6. The van der Waals surface area contributed by atoms with E-state index in [4.69, 9.17) is 9.47 Å². The van der Waals surface area contributed by atoms with E-state index >= 15 is 0 Å². The fourth-order valence-electron chi connectivity index (χ4n) is 2.12. The van der Waals surface area contributed by atoms with E-state index in [0.29, 0.717) is 28.5 Å². The zero-order valence-electron chi connectivity index (χ0n) is 12.8. The van der Waals surface area contributed by atoms with Gasteiger partial charge in [0.15, 0.2) is 5.78 Å². The SMILES string of the molecule is COc1cc(OC)cc(C(=O)c2ccc(C(C)C)cc2)c1. The van der Waals surface area contributed by atoms with Gasteiger partial charge in [-0.25, -0.2) is 0 Å². The van der Waals surface area contributed by atoms with E-state index in [1.807, 2.05) is 24.3 Å². The van der Waals surface area contributed by atoms with Crippen molar-refractivity contribution >= 4 is 5.78 Å². The van der Waals surface area contributed by atoms with Gasteiger partial charge in [-0.05, 0) is 23.6 Å². The third kappa shape index (κ3) is 3.43. The first kappa shape index (κ1) is 15.1. The molecule has 110 valence electrons. The fraction of sp³-hybridized carbons (Fsp3) is 0.278. The molecule has 0 aliphatic rings. The van der Waals surface area contributed by atoms with Crippen LogP contribution in [0.2, 0.25) is 0 Å². The van der Waals surface area contributed by atoms with Gasteiger partial charge in [0.25, 0.3) is 0 Å². The summed E-state index contributed by atoms with van der Waals surface area (Å²) in [6.07, 6.45) is 0. The van der Waals surface area contributed by atoms with E-state index in [9.17, 15) is 4.79 Å². The smallest absolute Gasteiger partial charge is 0.193 e. The van der Waals surface area contributed by atoms with Crippen molar-refractivity contribution in [3.05, 3.63) is 59.2 Å². The number of rotatable bonds is 5. The van der Waals surface area contributed by atoms with Crippen LogP contribution in [-0.2, 0) is 0 Å². The number of carbonyl (C=O) groups excluding carboxylic acids is 1. The van der Waals surface area contributed by atoms with Crippen LogP contribution in [0.25, 0.3) is 0 Å². The number of methoxy groups -OCH3 is 2. The van der Waals surface area contributed by atoms with Crippen molar-refractivity contribution in [2.45, 2.75) is 19.8 Å². The van der Waals surface area contributed by atoms with Crippen LogP contribution < -0.4 is 9.47 Å². The Morgan fingerprint density at radius 2 is 1.38 bits per heavy atom. The van der Waals surface area contributed by atoms with Gasteiger partial charge in [-0.2, -0.15) is 0 Å². The second kappa shape index (κ2) is 6.44. The van der Waals surface area contributed by atoms with Crippen LogP contribution in [0, 0.1) is 0 Å². The van der Waals surface area contributed by atoms with Gasteiger partial charge in [0, 0.05) is 17.2 Å². The van der Waals surface area contributed by atoms with Crippen LogP contribution >= 0.6 is 0 Å². The lowest BCUT2D eigenvalue weighted by molar-refractivity contribution is 0.103. The molecular formula is C18H20O3. The Morgan fingerprint density at radius 1 is 0.857 bits per heavy atom. The molecule has 2 aromatic rings. The second-order valence-electron chi connectivity index (χ2n) is 5.21. The Hall–Kier alpha value is -2.29. The molecule has 21 heavy (non-hydrogen) atoms. The average Bonchev–Trinajstić information content (AvgIpc) is 2.53. The van der Waals surface area contributed by atoms with Gasteiger partial charge in [-0.3, -0.25) is 4.79 Å². The minimum absolute atomic E-state index is 0.0393. The molecule has 0 bridgehead atoms. The van der Waals surface area contributed by atoms with Crippen molar-refractivity contribution < 1.29 is 14.3 Å². The molecule has 0 unspecified atom stereocenters. The number of hydrogen-bond acceptors (Lipinski definition) is 3. The highest BCUT2D eigenvalue weighted by molar-refractivity contribution is 6.09. The summed E-state index contributed by atoms with van der Waals surface area (Å²) in [5.74, 6) is 1.63. The fourth-order valence-corrected chi connectivity index (χ4v) is 2.12. The highest BCUT2D eigenvalue weighted by atomic mass is 16.5. The monoisotopic (exact) mass is 284 g/mol. The normalized spacial score (nSPS) is 10.5. The molecule has 0 aliphatic carbocycles. The molecule has 0 radical (unpaired) electrons. The molecule has 0 atom stereocenters. The van der Waals surface area contributed by atoms with E-state index in [1.165, 1.54) is 5.56 Å². The van der Waals surface area contributed by atoms with Gasteiger partial charge >= 0.3 is 0 Å². The highest BCUT2D eigenvalue weighted by Crippen LogP contribution is 2.25.